The van der Waals surface area contributed by atoms with Gasteiger partial charge < -0.3 is 5.73 Å². The number of nitrogens with two attached hydrogens (primary N) is 1. The zero-order valence-electron chi connectivity index (χ0n) is 11.1. The van der Waals surface area contributed by atoms with Crippen molar-refractivity contribution in [3.8, 4) is 0 Å². The Bertz CT molecular complexity index is 574. The maximum Gasteiger partial charge on any atom is 0.416 e. The van der Waals surface area contributed by atoms with E-state index in [4.69, 9.17) is 5.73 Å². The van der Waals surface area contributed by atoms with Crippen molar-refractivity contribution in [1.82, 2.24) is 0 Å². The molecule has 0 aliphatic carbocycles. The summed E-state index contributed by atoms with van der Waals surface area (Å²) in [6.45, 7) is 2.04. The van der Waals surface area contributed by atoms with Gasteiger partial charge in [-0.1, -0.05) is 25.1 Å². The molecule has 0 spiro atoms. The Hall–Kier alpha value is -1.33. The molecule has 0 saturated heterocycles. The summed E-state index contributed by atoms with van der Waals surface area (Å²) in [5.74, 6) is 0. The second-order valence-electron chi connectivity index (χ2n) is 4.67. The summed E-state index contributed by atoms with van der Waals surface area (Å²) < 4.78 is 38.0. The molecule has 2 aromatic rings. The topological polar surface area (TPSA) is 26.0 Å². The first-order chi connectivity index (χ1) is 9.41. The predicted octanol–water partition coefficient (Wildman–Crippen LogP) is 4.57. The quantitative estimate of drug-likeness (QED) is 0.879. The molecule has 1 aromatic heterocycles. The number of rotatable bonds is 4. The molecule has 1 unspecified atom stereocenters. The second-order valence-corrected chi connectivity index (χ2v) is 5.62. The van der Waals surface area contributed by atoms with E-state index < -0.39 is 11.7 Å². The van der Waals surface area contributed by atoms with Crippen molar-refractivity contribution in [3.63, 3.8) is 0 Å². The van der Waals surface area contributed by atoms with E-state index in [0.717, 1.165) is 17.4 Å². The Morgan fingerprint density at radius 3 is 2.65 bits per heavy atom. The Morgan fingerprint density at radius 2 is 2.00 bits per heavy atom. The van der Waals surface area contributed by atoms with E-state index in [1.54, 1.807) is 17.4 Å². The summed E-state index contributed by atoms with van der Waals surface area (Å²) in [5, 5.41) is 1.97. The van der Waals surface area contributed by atoms with Crippen LogP contribution < -0.4 is 5.73 Å². The van der Waals surface area contributed by atoms with Crippen LogP contribution in [0, 0.1) is 0 Å². The van der Waals surface area contributed by atoms with Crippen LogP contribution in [0.3, 0.4) is 0 Å². The van der Waals surface area contributed by atoms with Crippen molar-refractivity contribution in [1.29, 1.82) is 0 Å². The van der Waals surface area contributed by atoms with Crippen molar-refractivity contribution in [3.05, 3.63) is 57.3 Å². The summed E-state index contributed by atoms with van der Waals surface area (Å²) in [7, 11) is 0. The zero-order valence-corrected chi connectivity index (χ0v) is 11.9. The molecule has 0 bridgehead atoms. The van der Waals surface area contributed by atoms with Gasteiger partial charge in [-0.15, -0.1) is 11.3 Å². The summed E-state index contributed by atoms with van der Waals surface area (Å²) in [6, 6.07) is 7.14. The van der Waals surface area contributed by atoms with Crippen LogP contribution in [0.2, 0.25) is 0 Å². The SMILES string of the molecule is CCc1ccsc1C(N)Cc1cccc(C(F)(F)F)c1. The van der Waals surface area contributed by atoms with Crippen LogP contribution in [0.15, 0.2) is 35.7 Å². The molecule has 0 fully saturated rings. The minimum absolute atomic E-state index is 0.256. The predicted molar refractivity (Wildman–Crippen MR) is 75.8 cm³/mol. The molecular weight excluding hydrogens is 283 g/mol. The molecule has 0 amide bonds. The van der Waals surface area contributed by atoms with Gasteiger partial charge in [0.25, 0.3) is 0 Å². The van der Waals surface area contributed by atoms with Gasteiger partial charge in [0.15, 0.2) is 0 Å². The Labute approximate surface area is 120 Å². The molecule has 0 aliphatic heterocycles. The third kappa shape index (κ3) is 3.41. The molecule has 1 atom stereocenters. The lowest BCUT2D eigenvalue weighted by molar-refractivity contribution is -0.137. The van der Waals surface area contributed by atoms with Crippen molar-refractivity contribution in [2.75, 3.05) is 0 Å². The maximum absolute atomic E-state index is 12.7. The van der Waals surface area contributed by atoms with Gasteiger partial charge in [-0.2, -0.15) is 13.2 Å². The minimum atomic E-state index is -4.31. The monoisotopic (exact) mass is 299 g/mol. The number of aryl methyl sites for hydroxylation is 1. The molecule has 0 aliphatic rings. The highest BCUT2D eigenvalue weighted by Crippen LogP contribution is 2.31. The van der Waals surface area contributed by atoms with Gasteiger partial charge in [0.2, 0.25) is 0 Å². The first-order valence-corrected chi connectivity index (χ1v) is 7.27. The molecular formula is C15H16F3NS. The fourth-order valence-corrected chi connectivity index (χ4v) is 3.19. The van der Waals surface area contributed by atoms with Gasteiger partial charge in [-0.3, -0.25) is 0 Å². The highest BCUT2D eigenvalue weighted by molar-refractivity contribution is 7.10. The zero-order chi connectivity index (χ0) is 14.8. The number of hydrogen-bond acceptors (Lipinski definition) is 2. The van der Waals surface area contributed by atoms with Gasteiger partial charge in [0.1, 0.15) is 0 Å². The molecule has 1 nitrogen and oxygen atoms in total. The smallest absolute Gasteiger partial charge is 0.323 e. The van der Waals surface area contributed by atoms with E-state index in [2.05, 4.69) is 0 Å². The van der Waals surface area contributed by atoms with Crippen molar-refractivity contribution in [2.24, 2.45) is 5.73 Å². The van der Waals surface area contributed by atoms with Crippen LogP contribution in [0.5, 0.6) is 0 Å². The fourth-order valence-electron chi connectivity index (χ4n) is 2.19. The number of hydrogen-bond donors (Lipinski definition) is 1. The summed E-state index contributed by atoms with van der Waals surface area (Å²) in [4.78, 5) is 1.06. The minimum Gasteiger partial charge on any atom is -0.323 e. The highest BCUT2D eigenvalue weighted by atomic mass is 32.1. The molecule has 5 heteroatoms. The average molecular weight is 299 g/mol. The van der Waals surface area contributed by atoms with Crippen LogP contribution in [-0.2, 0) is 19.0 Å². The first-order valence-electron chi connectivity index (χ1n) is 6.39. The molecule has 0 saturated carbocycles. The number of alkyl halides is 3. The van der Waals surface area contributed by atoms with Gasteiger partial charge in [0.05, 0.1) is 5.56 Å². The van der Waals surface area contributed by atoms with Gasteiger partial charge in [-0.25, -0.2) is 0 Å². The summed E-state index contributed by atoms with van der Waals surface area (Å²) >= 11 is 1.56. The summed E-state index contributed by atoms with van der Waals surface area (Å²) in [5.41, 5.74) is 7.30. The van der Waals surface area contributed by atoms with E-state index in [-0.39, 0.29) is 6.04 Å². The second kappa shape index (κ2) is 5.97. The van der Waals surface area contributed by atoms with Crippen molar-refractivity contribution < 1.29 is 13.2 Å². The first kappa shape index (κ1) is 15.1. The van der Waals surface area contributed by atoms with Crippen LogP contribution in [0.25, 0.3) is 0 Å². The van der Waals surface area contributed by atoms with Crippen LogP contribution in [-0.4, -0.2) is 0 Å². The molecule has 1 aromatic carbocycles. The van der Waals surface area contributed by atoms with Gasteiger partial charge in [-0.05, 0) is 41.5 Å². The highest BCUT2D eigenvalue weighted by Gasteiger charge is 2.30. The number of benzene rings is 1. The Balaban J connectivity index is 2.18. The third-order valence-corrected chi connectivity index (χ3v) is 4.30. The molecule has 108 valence electrons. The fraction of sp³-hybridized carbons (Fsp3) is 0.333. The lowest BCUT2D eigenvalue weighted by Crippen LogP contribution is -2.14. The van der Waals surface area contributed by atoms with Crippen LogP contribution >= 0.6 is 11.3 Å². The standard InChI is InChI=1S/C15H16F3NS/c1-2-11-6-7-20-14(11)13(19)9-10-4-3-5-12(8-10)15(16,17)18/h3-8,13H,2,9,19H2,1H3. The lowest BCUT2D eigenvalue weighted by atomic mass is 10.0. The normalized spacial score (nSPS) is 13.4. The van der Waals surface area contributed by atoms with Crippen molar-refractivity contribution >= 4 is 11.3 Å². The number of halogens is 3. The number of thiophene rings is 1. The van der Waals surface area contributed by atoms with Gasteiger partial charge in [0, 0.05) is 10.9 Å². The van der Waals surface area contributed by atoms with E-state index in [0.29, 0.717) is 12.0 Å². The van der Waals surface area contributed by atoms with Crippen molar-refractivity contribution in [2.45, 2.75) is 32.0 Å². The van der Waals surface area contributed by atoms with Crippen LogP contribution in [0.4, 0.5) is 13.2 Å². The molecule has 1 heterocycles. The molecule has 0 radical (unpaired) electrons. The summed E-state index contributed by atoms with van der Waals surface area (Å²) in [6.07, 6.45) is -3.01. The van der Waals surface area contributed by atoms with Crippen LogP contribution in [0.1, 0.15) is 34.5 Å². The Kier molecular flexibility index (Phi) is 4.50. The molecule has 20 heavy (non-hydrogen) atoms. The molecule has 2 N–H and O–H groups in total. The largest absolute Gasteiger partial charge is 0.416 e. The van der Waals surface area contributed by atoms with E-state index in [1.807, 2.05) is 18.4 Å². The Morgan fingerprint density at radius 1 is 1.25 bits per heavy atom. The lowest BCUT2D eigenvalue weighted by Gasteiger charge is -2.14. The maximum atomic E-state index is 12.7. The average Bonchev–Trinajstić information content (AvgIpc) is 2.86. The van der Waals surface area contributed by atoms with E-state index in [1.165, 1.54) is 17.7 Å². The molecule has 2 rings (SSSR count). The van der Waals surface area contributed by atoms with Gasteiger partial charge >= 0.3 is 6.18 Å². The third-order valence-electron chi connectivity index (χ3n) is 3.21. The van der Waals surface area contributed by atoms with E-state index >= 15 is 0 Å². The van der Waals surface area contributed by atoms with E-state index in [9.17, 15) is 13.2 Å².